The van der Waals surface area contributed by atoms with Crippen LogP contribution in [0.25, 0.3) is 10.9 Å². The lowest BCUT2D eigenvalue weighted by Gasteiger charge is -2.31. The van der Waals surface area contributed by atoms with E-state index >= 15 is 0 Å². The van der Waals surface area contributed by atoms with Crippen molar-refractivity contribution in [1.29, 1.82) is 0 Å². The molecule has 0 aliphatic carbocycles. The highest BCUT2D eigenvalue weighted by atomic mass is 16.2. The van der Waals surface area contributed by atoms with E-state index in [1.807, 2.05) is 36.9 Å². The van der Waals surface area contributed by atoms with Crippen LogP contribution in [0.15, 0.2) is 24.3 Å². The Bertz CT molecular complexity index is 793. The van der Waals surface area contributed by atoms with Crippen LogP contribution in [0.4, 0.5) is 0 Å². The van der Waals surface area contributed by atoms with Crippen LogP contribution in [0.5, 0.6) is 0 Å². The largest absolute Gasteiger partial charge is 0.370 e. The van der Waals surface area contributed by atoms with Gasteiger partial charge < -0.3 is 10.6 Å². The van der Waals surface area contributed by atoms with E-state index in [0.29, 0.717) is 31.0 Å². The summed E-state index contributed by atoms with van der Waals surface area (Å²) in [5.41, 5.74) is 8.76. The van der Waals surface area contributed by atoms with Crippen LogP contribution in [0, 0.1) is 19.8 Å². The zero-order valence-corrected chi connectivity index (χ0v) is 14.2. The van der Waals surface area contributed by atoms with E-state index in [9.17, 15) is 9.59 Å². The maximum Gasteiger partial charge on any atom is 0.255 e. The summed E-state index contributed by atoms with van der Waals surface area (Å²) >= 11 is 0. The number of pyridine rings is 1. The SMILES string of the molecule is Cc1ccc2nc(C)c(C(=O)N3CCC(CC(N)=O)CC3)cc2c1. The molecule has 1 fully saturated rings. The molecule has 0 saturated carbocycles. The molecule has 0 bridgehead atoms. The number of likely N-dealkylation sites (tertiary alicyclic amines) is 1. The lowest BCUT2D eigenvalue weighted by molar-refractivity contribution is -0.119. The third-order valence-corrected chi connectivity index (χ3v) is 4.78. The van der Waals surface area contributed by atoms with Crippen molar-refractivity contribution in [3.05, 3.63) is 41.1 Å². The van der Waals surface area contributed by atoms with Crippen molar-refractivity contribution >= 4 is 22.7 Å². The molecular formula is C19H23N3O2. The van der Waals surface area contributed by atoms with Gasteiger partial charge >= 0.3 is 0 Å². The molecule has 24 heavy (non-hydrogen) atoms. The van der Waals surface area contributed by atoms with Gasteiger partial charge in [-0.05, 0) is 50.8 Å². The van der Waals surface area contributed by atoms with Crippen molar-refractivity contribution in [3.8, 4) is 0 Å². The third-order valence-electron chi connectivity index (χ3n) is 4.78. The van der Waals surface area contributed by atoms with Crippen LogP contribution >= 0.6 is 0 Å². The Morgan fingerprint density at radius 2 is 1.92 bits per heavy atom. The van der Waals surface area contributed by atoms with E-state index in [2.05, 4.69) is 11.1 Å². The van der Waals surface area contributed by atoms with Gasteiger partial charge in [-0.3, -0.25) is 14.6 Å². The quantitative estimate of drug-likeness (QED) is 0.942. The molecule has 5 nitrogen and oxygen atoms in total. The number of nitrogens with zero attached hydrogens (tertiary/aromatic N) is 2. The van der Waals surface area contributed by atoms with E-state index in [0.717, 1.165) is 35.0 Å². The third kappa shape index (κ3) is 3.40. The molecule has 2 amide bonds. The predicted octanol–water partition coefficient (Wildman–Crippen LogP) is 2.58. The van der Waals surface area contributed by atoms with Gasteiger partial charge in [-0.1, -0.05) is 11.6 Å². The highest BCUT2D eigenvalue weighted by Gasteiger charge is 2.25. The van der Waals surface area contributed by atoms with Gasteiger partial charge in [-0.2, -0.15) is 0 Å². The van der Waals surface area contributed by atoms with Gasteiger partial charge in [0, 0.05) is 24.9 Å². The number of rotatable bonds is 3. The zero-order chi connectivity index (χ0) is 17.3. The highest BCUT2D eigenvalue weighted by molar-refractivity contribution is 5.98. The molecule has 1 saturated heterocycles. The second-order valence-corrected chi connectivity index (χ2v) is 6.72. The van der Waals surface area contributed by atoms with Crippen molar-refractivity contribution in [2.45, 2.75) is 33.1 Å². The average Bonchev–Trinajstić information content (AvgIpc) is 2.54. The van der Waals surface area contributed by atoms with E-state index in [1.165, 1.54) is 0 Å². The number of piperidine rings is 1. The predicted molar refractivity (Wildman–Crippen MR) is 93.7 cm³/mol. The van der Waals surface area contributed by atoms with Crippen LogP contribution in [0.3, 0.4) is 0 Å². The van der Waals surface area contributed by atoms with Crippen LogP contribution in [-0.2, 0) is 4.79 Å². The fourth-order valence-corrected chi connectivity index (χ4v) is 3.40. The molecule has 2 aromatic rings. The summed E-state index contributed by atoms with van der Waals surface area (Å²) in [5, 5.41) is 0.993. The molecule has 2 N–H and O–H groups in total. The average molecular weight is 325 g/mol. The van der Waals surface area contributed by atoms with Crippen molar-refractivity contribution in [3.63, 3.8) is 0 Å². The summed E-state index contributed by atoms with van der Waals surface area (Å²) in [7, 11) is 0. The Balaban J connectivity index is 1.79. The Morgan fingerprint density at radius 1 is 1.21 bits per heavy atom. The summed E-state index contributed by atoms with van der Waals surface area (Å²) in [6.45, 7) is 5.25. The molecule has 2 heterocycles. The number of hydrogen-bond acceptors (Lipinski definition) is 3. The lowest BCUT2D eigenvalue weighted by Crippen LogP contribution is -2.39. The topological polar surface area (TPSA) is 76.3 Å². The fourth-order valence-electron chi connectivity index (χ4n) is 3.40. The second-order valence-electron chi connectivity index (χ2n) is 6.72. The molecule has 1 aliphatic heterocycles. The number of amides is 2. The second kappa shape index (κ2) is 6.59. The van der Waals surface area contributed by atoms with Gasteiger partial charge in [-0.25, -0.2) is 0 Å². The number of benzene rings is 1. The molecule has 3 rings (SSSR count). The first-order valence-electron chi connectivity index (χ1n) is 8.39. The van der Waals surface area contributed by atoms with Crippen molar-refractivity contribution in [1.82, 2.24) is 9.88 Å². The first-order valence-corrected chi connectivity index (χ1v) is 8.39. The van der Waals surface area contributed by atoms with Gasteiger partial charge in [0.05, 0.1) is 16.8 Å². The standard InChI is InChI=1S/C19H23N3O2/c1-12-3-4-17-15(9-12)11-16(13(2)21-17)19(24)22-7-5-14(6-8-22)10-18(20)23/h3-4,9,11,14H,5-8,10H2,1-2H3,(H2,20,23). The highest BCUT2D eigenvalue weighted by Crippen LogP contribution is 2.24. The normalized spacial score (nSPS) is 15.7. The molecule has 126 valence electrons. The molecule has 5 heteroatoms. The summed E-state index contributed by atoms with van der Waals surface area (Å²) < 4.78 is 0. The lowest BCUT2D eigenvalue weighted by atomic mass is 9.93. The van der Waals surface area contributed by atoms with Gasteiger partial charge in [0.15, 0.2) is 0 Å². The van der Waals surface area contributed by atoms with Crippen molar-refractivity contribution in [2.75, 3.05) is 13.1 Å². The number of primary amides is 1. The van der Waals surface area contributed by atoms with E-state index in [1.54, 1.807) is 0 Å². The zero-order valence-electron chi connectivity index (χ0n) is 14.2. The molecular weight excluding hydrogens is 302 g/mol. The van der Waals surface area contributed by atoms with E-state index < -0.39 is 0 Å². The minimum absolute atomic E-state index is 0.0286. The van der Waals surface area contributed by atoms with Gasteiger partial charge in [0.25, 0.3) is 5.91 Å². The van der Waals surface area contributed by atoms with Crippen LogP contribution < -0.4 is 5.73 Å². The Morgan fingerprint density at radius 3 is 2.58 bits per heavy atom. The summed E-state index contributed by atoms with van der Waals surface area (Å²) in [6, 6.07) is 8.02. The molecule has 1 aliphatic rings. The number of hydrogen-bond donors (Lipinski definition) is 1. The van der Waals surface area contributed by atoms with Crippen LogP contribution in [0.1, 0.15) is 40.9 Å². The Hall–Kier alpha value is -2.43. The minimum atomic E-state index is -0.260. The molecule has 1 aromatic carbocycles. The van der Waals surface area contributed by atoms with E-state index in [4.69, 9.17) is 5.73 Å². The van der Waals surface area contributed by atoms with Gasteiger partial charge in [0.2, 0.25) is 5.91 Å². The molecule has 0 spiro atoms. The monoisotopic (exact) mass is 325 g/mol. The molecule has 1 aromatic heterocycles. The van der Waals surface area contributed by atoms with Crippen LogP contribution in [0.2, 0.25) is 0 Å². The van der Waals surface area contributed by atoms with Gasteiger partial charge in [-0.15, -0.1) is 0 Å². The molecule has 0 radical (unpaired) electrons. The summed E-state index contributed by atoms with van der Waals surface area (Å²) in [5.74, 6) is 0.0654. The number of carbonyl (C=O) groups excluding carboxylic acids is 2. The number of aromatic nitrogens is 1. The smallest absolute Gasteiger partial charge is 0.255 e. The summed E-state index contributed by atoms with van der Waals surface area (Å²) in [6.07, 6.45) is 2.07. The minimum Gasteiger partial charge on any atom is -0.370 e. The maximum absolute atomic E-state index is 12.9. The van der Waals surface area contributed by atoms with Crippen molar-refractivity contribution in [2.24, 2.45) is 11.7 Å². The van der Waals surface area contributed by atoms with Crippen LogP contribution in [-0.4, -0.2) is 34.8 Å². The van der Waals surface area contributed by atoms with E-state index in [-0.39, 0.29) is 11.8 Å². The summed E-state index contributed by atoms with van der Waals surface area (Å²) in [4.78, 5) is 30.3. The number of aryl methyl sites for hydroxylation is 2. The number of carbonyl (C=O) groups is 2. The number of nitrogens with two attached hydrogens (primary N) is 1. The Kier molecular flexibility index (Phi) is 4.51. The first-order chi connectivity index (χ1) is 11.4. The molecule has 0 unspecified atom stereocenters. The van der Waals surface area contributed by atoms with Gasteiger partial charge in [0.1, 0.15) is 0 Å². The maximum atomic E-state index is 12.9. The van der Waals surface area contributed by atoms with Crippen molar-refractivity contribution < 1.29 is 9.59 Å². The number of fused-ring (bicyclic) bond motifs is 1. The molecule has 0 atom stereocenters. The fraction of sp³-hybridized carbons (Fsp3) is 0.421. The Labute approximate surface area is 141 Å². The first kappa shape index (κ1) is 16.4.